The van der Waals surface area contributed by atoms with Crippen molar-refractivity contribution in [2.75, 3.05) is 13.1 Å². The quantitative estimate of drug-likeness (QED) is 0.809. The molecule has 2 aromatic rings. The van der Waals surface area contributed by atoms with Crippen LogP contribution in [0.4, 0.5) is 0 Å². The van der Waals surface area contributed by atoms with Crippen LogP contribution in [0.15, 0.2) is 59.8 Å². The molecule has 0 saturated carbocycles. The zero-order chi connectivity index (χ0) is 20.3. The largest absolute Gasteiger partial charge is 0.385 e. The lowest BCUT2D eigenvalue weighted by Gasteiger charge is -2.39. The van der Waals surface area contributed by atoms with Gasteiger partial charge in [-0.05, 0) is 48.9 Å². The summed E-state index contributed by atoms with van der Waals surface area (Å²) >= 11 is 5.94. The van der Waals surface area contributed by atoms with Gasteiger partial charge < -0.3 is 14.8 Å². The van der Waals surface area contributed by atoms with Gasteiger partial charge in [0, 0.05) is 24.5 Å². The smallest absolute Gasteiger partial charge is 0.266 e. The Balaban J connectivity index is 1.27. The first-order valence-corrected chi connectivity index (χ1v) is 10.4. The predicted octanol–water partition coefficient (Wildman–Crippen LogP) is 3.93. The van der Waals surface area contributed by atoms with E-state index in [-0.39, 0.29) is 5.91 Å². The van der Waals surface area contributed by atoms with Gasteiger partial charge in [-0.3, -0.25) is 4.79 Å². The number of rotatable bonds is 5. The van der Waals surface area contributed by atoms with Crippen LogP contribution in [0.1, 0.15) is 36.8 Å². The Hall–Kier alpha value is -2.37. The summed E-state index contributed by atoms with van der Waals surface area (Å²) in [7, 11) is 0. The fourth-order valence-corrected chi connectivity index (χ4v) is 4.12. The first kappa shape index (κ1) is 19.9. The normalized spacial score (nSPS) is 20.8. The molecule has 2 aromatic carbocycles. The Morgan fingerprint density at radius 3 is 2.48 bits per heavy atom. The van der Waals surface area contributed by atoms with Gasteiger partial charge in [0.1, 0.15) is 0 Å². The second kappa shape index (κ2) is 8.56. The molecule has 1 N–H and O–H groups in total. The molecule has 1 amide bonds. The fourth-order valence-electron chi connectivity index (χ4n) is 3.99. The highest BCUT2D eigenvalue weighted by atomic mass is 35.5. The van der Waals surface area contributed by atoms with Crippen LogP contribution in [0.25, 0.3) is 0 Å². The van der Waals surface area contributed by atoms with Crippen molar-refractivity contribution in [2.45, 2.75) is 43.8 Å². The predicted molar refractivity (Wildman–Crippen MR) is 113 cm³/mol. The van der Waals surface area contributed by atoms with E-state index in [4.69, 9.17) is 16.4 Å². The number of hydrogen-bond donors (Lipinski definition) is 1. The molecule has 2 heterocycles. The molecule has 1 fully saturated rings. The number of piperidine rings is 1. The molecule has 0 aliphatic carbocycles. The molecule has 2 aliphatic rings. The molecule has 0 spiro atoms. The maximum atomic E-state index is 12.8. The van der Waals surface area contributed by atoms with Crippen molar-refractivity contribution in [2.24, 2.45) is 5.16 Å². The lowest BCUT2D eigenvalue weighted by Crippen LogP contribution is -2.48. The zero-order valence-corrected chi connectivity index (χ0v) is 17.0. The number of likely N-dealkylation sites (tertiary alicyclic amines) is 1. The summed E-state index contributed by atoms with van der Waals surface area (Å²) in [5.74, 6) is -0.0402. The molecular formula is C23H25ClN2O3. The van der Waals surface area contributed by atoms with E-state index < -0.39 is 11.7 Å². The molecule has 5 nitrogen and oxygen atoms in total. The van der Waals surface area contributed by atoms with Gasteiger partial charge in [-0.2, -0.15) is 0 Å². The third-order valence-corrected chi connectivity index (χ3v) is 6.09. The Kier molecular flexibility index (Phi) is 5.88. The van der Waals surface area contributed by atoms with E-state index >= 15 is 0 Å². The van der Waals surface area contributed by atoms with Crippen LogP contribution in [0.5, 0.6) is 0 Å². The molecule has 2 aliphatic heterocycles. The third kappa shape index (κ3) is 4.62. The van der Waals surface area contributed by atoms with Crippen molar-refractivity contribution in [3.05, 3.63) is 70.7 Å². The number of nitrogens with zero attached hydrogens (tertiary/aromatic N) is 2. The summed E-state index contributed by atoms with van der Waals surface area (Å²) in [5.41, 5.74) is 2.11. The van der Waals surface area contributed by atoms with Crippen LogP contribution < -0.4 is 0 Å². The molecule has 0 bridgehead atoms. The van der Waals surface area contributed by atoms with Crippen molar-refractivity contribution >= 4 is 23.2 Å². The maximum Gasteiger partial charge on any atom is 0.266 e. The van der Waals surface area contributed by atoms with Crippen LogP contribution in [-0.2, 0) is 21.7 Å². The van der Waals surface area contributed by atoms with Crippen molar-refractivity contribution in [1.82, 2.24) is 4.90 Å². The summed E-state index contributed by atoms with van der Waals surface area (Å²) < 4.78 is 0. The molecule has 29 heavy (non-hydrogen) atoms. The Labute approximate surface area is 175 Å². The van der Waals surface area contributed by atoms with E-state index in [2.05, 4.69) is 17.3 Å². The number of oxime groups is 1. The molecule has 152 valence electrons. The van der Waals surface area contributed by atoms with Gasteiger partial charge >= 0.3 is 0 Å². The number of hydrogen-bond acceptors (Lipinski definition) is 4. The molecule has 6 heteroatoms. The van der Waals surface area contributed by atoms with Gasteiger partial charge in [0.15, 0.2) is 0 Å². The number of aliphatic hydroxyl groups is 1. The average Bonchev–Trinajstić information content (AvgIpc) is 3.22. The summed E-state index contributed by atoms with van der Waals surface area (Å²) in [6.45, 7) is 0.994. The van der Waals surface area contributed by atoms with Crippen molar-refractivity contribution in [1.29, 1.82) is 0 Å². The minimum atomic E-state index is -0.921. The van der Waals surface area contributed by atoms with E-state index in [1.165, 1.54) is 5.56 Å². The molecule has 0 radical (unpaired) electrons. The van der Waals surface area contributed by atoms with Crippen molar-refractivity contribution in [3.8, 4) is 0 Å². The fraction of sp³-hybridized carbons (Fsp3) is 0.391. The molecule has 0 aromatic heterocycles. The van der Waals surface area contributed by atoms with Crippen LogP contribution >= 0.6 is 11.6 Å². The Bertz CT molecular complexity index is 875. The molecule has 4 rings (SSSR count). The van der Waals surface area contributed by atoms with Gasteiger partial charge in [0.05, 0.1) is 11.3 Å². The summed E-state index contributed by atoms with van der Waals surface area (Å²) in [6.07, 6.45) is 2.68. The van der Waals surface area contributed by atoms with Crippen molar-refractivity contribution in [3.63, 3.8) is 0 Å². The topological polar surface area (TPSA) is 62.1 Å². The molecular weight excluding hydrogens is 388 g/mol. The Morgan fingerprint density at radius 1 is 1.10 bits per heavy atom. The van der Waals surface area contributed by atoms with Crippen LogP contribution in [-0.4, -0.2) is 40.8 Å². The standard InChI is InChI=1S/C23H25ClN2O3/c24-19-9-7-18(8-10-19)23(28)12-14-26(15-13-23)22(27)21-16-20(25-29-21)11-6-17-4-2-1-3-5-17/h1-5,7-10,21,28H,6,11-16H2. The first-order valence-electron chi connectivity index (χ1n) is 10.1. The highest BCUT2D eigenvalue weighted by Crippen LogP contribution is 2.34. The summed E-state index contributed by atoms with van der Waals surface area (Å²) in [5, 5.41) is 15.8. The number of aryl methyl sites for hydroxylation is 1. The zero-order valence-electron chi connectivity index (χ0n) is 16.3. The van der Waals surface area contributed by atoms with Crippen LogP contribution in [0, 0.1) is 0 Å². The number of amides is 1. The number of carbonyl (C=O) groups excluding carboxylic acids is 1. The maximum absolute atomic E-state index is 12.8. The highest BCUT2D eigenvalue weighted by Gasteiger charge is 2.39. The molecule has 1 unspecified atom stereocenters. The average molecular weight is 413 g/mol. The van der Waals surface area contributed by atoms with Gasteiger partial charge in [-0.25, -0.2) is 0 Å². The first-order chi connectivity index (χ1) is 14.0. The second-order valence-corrected chi connectivity index (χ2v) is 8.24. The van der Waals surface area contributed by atoms with Gasteiger partial charge in [0.25, 0.3) is 5.91 Å². The van der Waals surface area contributed by atoms with Crippen molar-refractivity contribution < 1.29 is 14.7 Å². The summed E-state index contributed by atoms with van der Waals surface area (Å²) in [6, 6.07) is 17.5. The Morgan fingerprint density at radius 2 is 1.79 bits per heavy atom. The lowest BCUT2D eigenvalue weighted by molar-refractivity contribution is -0.146. The van der Waals surface area contributed by atoms with Gasteiger partial charge in [-0.15, -0.1) is 0 Å². The minimum Gasteiger partial charge on any atom is -0.385 e. The van der Waals surface area contributed by atoms with Crippen LogP contribution in [0.2, 0.25) is 5.02 Å². The minimum absolute atomic E-state index is 0.0402. The highest BCUT2D eigenvalue weighted by molar-refractivity contribution is 6.30. The number of benzene rings is 2. The van der Waals surface area contributed by atoms with Crippen LogP contribution in [0.3, 0.4) is 0 Å². The van der Waals surface area contributed by atoms with E-state index in [0.29, 0.717) is 37.4 Å². The summed E-state index contributed by atoms with van der Waals surface area (Å²) in [4.78, 5) is 20.1. The van der Waals surface area contributed by atoms with Gasteiger partial charge in [-0.1, -0.05) is 59.2 Å². The number of halogens is 1. The van der Waals surface area contributed by atoms with E-state index in [1.807, 2.05) is 30.3 Å². The molecule has 1 atom stereocenters. The van der Waals surface area contributed by atoms with Gasteiger partial charge in [0.2, 0.25) is 6.10 Å². The third-order valence-electron chi connectivity index (χ3n) is 5.83. The lowest BCUT2D eigenvalue weighted by atomic mass is 9.84. The second-order valence-electron chi connectivity index (χ2n) is 7.81. The monoisotopic (exact) mass is 412 g/mol. The number of carbonyl (C=O) groups is 1. The van der Waals surface area contributed by atoms with E-state index in [9.17, 15) is 9.90 Å². The van der Waals surface area contributed by atoms with E-state index in [1.54, 1.807) is 17.0 Å². The van der Waals surface area contributed by atoms with E-state index in [0.717, 1.165) is 24.1 Å². The SMILES string of the molecule is O=C(C1CC(CCc2ccccc2)=NO1)N1CCC(O)(c2ccc(Cl)cc2)CC1. The molecule has 1 saturated heterocycles.